The Labute approximate surface area is 133 Å². The number of amides is 1. The number of benzene rings is 2. The highest BCUT2D eigenvalue weighted by molar-refractivity contribution is 5.79. The van der Waals surface area contributed by atoms with Crippen LogP contribution in [0, 0.1) is 11.7 Å². The molecular weight excluding hydrogens is 297 g/mol. The number of rotatable bonds is 4. The van der Waals surface area contributed by atoms with Gasteiger partial charge in [-0.3, -0.25) is 4.79 Å². The molecule has 2 atom stereocenters. The molecule has 120 valence electrons. The van der Waals surface area contributed by atoms with Crippen molar-refractivity contribution >= 4 is 5.91 Å². The van der Waals surface area contributed by atoms with Gasteiger partial charge < -0.3 is 15.2 Å². The Morgan fingerprint density at radius 2 is 2.00 bits per heavy atom. The number of ether oxygens (including phenoxy) is 1. The van der Waals surface area contributed by atoms with Gasteiger partial charge in [0.25, 0.3) is 0 Å². The van der Waals surface area contributed by atoms with Crippen LogP contribution in [-0.2, 0) is 11.2 Å². The maximum absolute atomic E-state index is 13.6. The maximum Gasteiger partial charge on any atom is 0.226 e. The van der Waals surface area contributed by atoms with Gasteiger partial charge in [-0.2, -0.15) is 0 Å². The Bertz CT molecular complexity index is 704. The minimum atomic E-state index is -1.07. The van der Waals surface area contributed by atoms with E-state index in [1.54, 1.807) is 12.1 Å². The van der Waals surface area contributed by atoms with E-state index >= 15 is 0 Å². The molecule has 0 bridgehead atoms. The van der Waals surface area contributed by atoms with E-state index < -0.39 is 11.9 Å². The smallest absolute Gasteiger partial charge is 0.226 e. The van der Waals surface area contributed by atoms with Crippen LogP contribution in [0.1, 0.15) is 17.2 Å². The second kappa shape index (κ2) is 6.79. The van der Waals surface area contributed by atoms with Crippen molar-refractivity contribution in [1.29, 1.82) is 0 Å². The lowest BCUT2D eigenvalue weighted by Gasteiger charge is -2.25. The summed E-state index contributed by atoms with van der Waals surface area (Å²) in [5.74, 6) is -0.181. The van der Waals surface area contributed by atoms with Crippen molar-refractivity contribution in [2.24, 2.45) is 5.92 Å². The normalized spacial score (nSPS) is 17.7. The number of aliphatic hydroxyl groups excluding tert-OH is 1. The predicted octanol–water partition coefficient (Wildman–Crippen LogP) is 2.23. The number of carbonyl (C=O) groups excluding carboxylic acids is 1. The van der Waals surface area contributed by atoms with Crippen LogP contribution >= 0.6 is 0 Å². The first kappa shape index (κ1) is 15.5. The number of hydrogen-bond acceptors (Lipinski definition) is 3. The molecule has 23 heavy (non-hydrogen) atoms. The Hall–Kier alpha value is -2.40. The van der Waals surface area contributed by atoms with Crippen LogP contribution in [0.15, 0.2) is 48.5 Å². The molecule has 2 N–H and O–H groups in total. The second-order valence-corrected chi connectivity index (χ2v) is 5.60. The minimum absolute atomic E-state index is 0.0298. The van der Waals surface area contributed by atoms with Gasteiger partial charge in [0.15, 0.2) is 0 Å². The molecule has 0 spiro atoms. The third-order valence-corrected chi connectivity index (χ3v) is 3.98. The van der Waals surface area contributed by atoms with E-state index in [0.29, 0.717) is 13.0 Å². The Balaban J connectivity index is 1.57. The van der Waals surface area contributed by atoms with Gasteiger partial charge in [0, 0.05) is 12.1 Å². The SMILES string of the molecule is O=C(NCC(O)c1ccccc1F)C1COc2ccccc2C1. The van der Waals surface area contributed by atoms with E-state index in [1.807, 2.05) is 24.3 Å². The molecule has 0 saturated carbocycles. The summed E-state index contributed by atoms with van der Waals surface area (Å²) in [4.78, 5) is 12.2. The van der Waals surface area contributed by atoms with Gasteiger partial charge in [-0.1, -0.05) is 36.4 Å². The fourth-order valence-electron chi connectivity index (χ4n) is 2.69. The lowest BCUT2D eigenvalue weighted by atomic mass is 9.96. The van der Waals surface area contributed by atoms with Crippen LogP contribution in [-0.4, -0.2) is 24.2 Å². The summed E-state index contributed by atoms with van der Waals surface area (Å²) in [6.07, 6.45) is -0.477. The molecule has 0 fully saturated rings. The average Bonchev–Trinajstić information content (AvgIpc) is 2.59. The summed E-state index contributed by atoms with van der Waals surface area (Å²) >= 11 is 0. The van der Waals surface area contributed by atoms with Gasteiger partial charge in [0.1, 0.15) is 18.2 Å². The van der Waals surface area contributed by atoms with Gasteiger partial charge in [0.05, 0.1) is 12.0 Å². The van der Waals surface area contributed by atoms with E-state index in [-0.39, 0.29) is 23.9 Å². The van der Waals surface area contributed by atoms with E-state index in [4.69, 9.17) is 4.74 Å². The first-order chi connectivity index (χ1) is 11.1. The zero-order chi connectivity index (χ0) is 16.2. The van der Waals surface area contributed by atoms with Crippen molar-refractivity contribution in [1.82, 2.24) is 5.32 Å². The third-order valence-electron chi connectivity index (χ3n) is 3.98. The number of fused-ring (bicyclic) bond motifs is 1. The summed E-state index contributed by atoms with van der Waals surface area (Å²) in [5.41, 5.74) is 1.17. The zero-order valence-corrected chi connectivity index (χ0v) is 12.5. The number of nitrogens with one attached hydrogen (secondary N) is 1. The molecule has 2 aromatic carbocycles. The molecule has 1 amide bonds. The van der Waals surface area contributed by atoms with Crippen molar-refractivity contribution in [3.8, 4) is 5.75 Å². The molecular formula is C18H18FNO3. The average molecular weight is 315 g/mol. The Kier molecular flexibility index (Phi) is 4.57. The molecule has 0 aliphatic carbocycles. The van der Waals surface area contributed by atoms with Gasteiger partial charge in [-0.15, -0.1) is 0 Å². The van der Waals surface area contributed by atoms with Gasteiger partial charge in [-0.25, -0.2) is 4.39 Å². The van der Waals surface area contributed by atoms with Crippen molar-refractivity contribution in [3.05, 3.63) is 65.5 Å². The predicted molar refractivity (Wildman–Crippen MR) is 83.5 cm³/mol. The lowest BCUT2D eigenvalue weighted by Crippen LogP contribution is -2.39. The monoisotopic (exact) mass is 315 g/mol. The highest BCUT2D eigenvalue weighted by Gasteiger charge is 2.26. The molecule has 1 aliphatic rings. The number of hydrogen-bond donors (Lipinski definition) is 2. The molecule has 1 aliphatic heterocycles. The first-order valence-corrected chi connectivity index (χ1v) is 7.56. The molecule has 2 unspecified atom stereocenters. The topological polar surface area (TPSA) is 58.6 Å². The second-order valence-electron chi connectivity index (χ2n) is 5.60. The molecule has 3 rings (SSSR count). The number of para-hydroxylation sites is 1. The minimum Gasteiger partial charge on any atom is -0.492 e. The third kappa shape index (κ3) is 3.51. The lowest BCUT2D eigenvalue weighted by molar-refractivity contribution is -0.126. The van der Waals surface area contributed by atoms with Crippen molar-refractivity contribution in [2.75, 3.05) is 13.2 Å². The van der Waals surface area contributed by atoms with E-state index in [9.17, 15) is 14.3 Å². The molecule has 0 aromatic heterocycles. The van der Waals surface area contributed by atoms with Crippen molar-refractivity contribution < 1.29 is 19.0 Å². The van der Waals surface area contributed by atoms with Crippen LogP contribution in [0.3, 0.4) is 0 Å². The largest absolute Gasteiger partial charge is 0.492 e. The zero-order valence-electron chi connectivity index (χ0n) is 12.5. The van der Waals surface area contributed by atoms with Crippen LogP contribution in [0.5, 0.6) is 5.75 Å². The van der Waals surface area contributed by atoms with Crippen LogP contribution < -0.4 is 10.1 Å². The fraction of sp³-hybridized carbons (Fsp3) is 0.278. The standard InChI is InChI=1S/C18H18FNO3/c19-15-7-3-2-6-14(15)16(21)10-20-18(22)13-9-12-5-1-4-8-17(12)23-11-13/h1-8,13,16,21H,9-11H2,(H,20,22). The van der Waals surface area contributed by atoms with Crippen molar-refractivity contribution in [3.63, 3.8) is 0 Å². The van der Waals surface area contributed by atoms with E-state index in [1.165, 1.54) is 12.1 Å². The molecule has 4 nitrogen and oxygen atoms in total. The number of halogens is 1. The highest BCUT2D eigenvalue weighted by Crippen LogP contribution is 2.27. The molecule has 5 heteroatoms. The summed E-state index contributed by atoms with van der Waals surface area (Å²) < 4.78 is 19.2. The quantitative estimate of drug-likeness (QED) is 0.909. The Morgan fingerprint density at radius 1 is 1.26 bits per heavy atom. The van der Waals surface area contributed by atoms with E-state index in [2.05, 4.69) is 5.32 Å². The van der Waals surface area contributed by atoms with Gasteiger partial charge in [0.2, 0.25) is 5.91 Å². The molecule has 0 radical (unpaired) electrons. The Morgan fingerprint density at radius 3 is 2.83 bits per heavy atom. The molecule has 1 heterocycles. The molecule has 0 saturated heterocycles. The van der Waals surface area contributed by atoms with E-state index in [0.717, 1.165) is 11.3 Å². The van der Waals surface area contributed by atoms with Crippen LogP contribution in [0.4, 0.5) is 4.39 Å². The summed E-state index contributed by atoms with van der Waals surface area (Å²) in [6.45, 7) is 0.274. The molecule has 2 aromatic rings. The summed E-state index contributed by atoms with van der Waals surface area (Å²) in [7, 11) is 0. The summed E-state index contributed by atoms with van der Waals surface area (Å²) in [5, 5.41) is 12.7. The maximum atomic E-state index is 13.6. The van der Waals surface area contributed by atoms with Gasteiger partial charge >= 0.3 is 0 Å². The fourth-order valence-corrected chi connectivity index (χ4v) is 2.69. The van der Waals surface area contributed by atoms with Crippen LogP contribution in [0.2, 0.25) is 0 Å². The number of carbonyl (C=O) groups is 1. The van der Waals surface area contributed by atoms with Gasteiger partial charge in [-0.05, 0) is 24.1 Å². The van der Waals surface area contributed by atoms with Crippen LogP contribution in [0.25, 0.3) is 0 Å². The number of aliphatic hydroxyl groups is 1. The summed E-state index contributed by atoms with van der Waals surface area (Å²) in [6, 6.07) is 13.6. The van der Waals surface area contributed by atoms with Crippen molar-refractivity contribution in [2.45, 2.75) is 12.5 Å². The highest BCUT2D eigenvalue weighted by atomic mass is 19.1. The first-order valence-electron chi connectivity index (χ1n) is 7.56.